The number of para-hydroxylation sites is 1. The summed E-state index contributed by atoms with van der Waals surface area (Å²) >= 11 is 0. The number of aryl methyl sites for hydroxylation is 1. The standard InChI is InChI=1S/C21H22N4O3/c1-15-24-18-10-6-5-9-17(18)21(28)25(15)14-20(27)23-12-11-22-19(26)13-16-7-3-2-4-8-16/h2-10H,11-14H2,1H3,(H,22,26)(H,23,27). The van der Waals surface area contributed by atoms with Crippen LogP contribution in [0.2, 0.25) is 0 Å². The number of benzene rings is 2. The normalized spacial score (nSPS) is 10.6. The molecular formula is C21H22N4O3. The van der Waals surface area contributed by atoms with Crippen LogP contribution in [0.15, 0.2) is 59.4 Å². The molecule has 1 aromatic heterocycles. The molecule has 2 aromatic carbocycles. The predicted octanol–water partition coefficient (Wildman–Crippen LogP) is 1.18. The number of hydrogen-bond donors (Lipinski definition) is 2. The Morgan fingerprint density at radius 2 is 1.57 bits per heavy atom. The molecule has 0 saturated heterocycles. The molecule has 0 aliphatic heterocycles. The van der Waals surface area contributed by atoms with Crippen molar-refractivity contribution in [3.8, 4) is 0 Å². The first-order chi connectivity index (χ1) is 13.5. The highest BCUT2D eigenvalue weighted by molar-refractivity contribution is 5.80. The molecule has 0 aliphatic rings. The van der Waals surface area contributed by atoms with Gasteiger partial charge in [-0.15, -0.1) is 0 Å². The van der Waals surface area contributed by atoms with Gasteiger partial charge in [-0.05, 0) is 24.6 Å². The van der Waals surface area contributed by atoms with Gasteiger partial charge in [-0.1, -0.05) is 42.5 Å². The van der Waals surface area contributed by atoms with Crippen LogP contribution in [0, 0.1) is 6.92 Å². The molecule has 2 amide bonds. The second kappa shape index (κ2) is 8.94. The van der Waals surface area contributed by atoms with Gasteiger partial charge in [0.2, 0.25) is 11.8 Å². The molecule has 7 heteroatoms. The minimum absolute atomic E-state index is 0.105. The van der Waals surface area contributed by atoms with Gasteiger partial charge in [0.25, 0.3) is 5.56 Å². The minimum Gasteiger partial charge on any atom is -0.354 e. The fourth-order valence-corrected chi connectivity index (χ4v) is 2.91. The lowest BCUT2D eigenvalue weighted by Crippen LogP contribution is -2.38. The van der Waals surface area contributed by atoms with Crippen molar-refractivity contribution in [2.24, 2.45) is 0 Å². The van der Waals surface area contributed by atoms with E-state index in [1.165, 1.54) is 4.57 Å². The van der Waals surface area contributed by atoms with Crippen molar-refractivity contribution < 1.29 is 9.59 Å². The van der Waals surface area contributed by atoms with Crippen LogP contribution in [0.4, 0.5) is 0 Å². The Kier molecular flexibility index (Phi) is 6.16. The molecule has 2 N–H and O–H groups in total. The highest BCUT2D eigenvalue weighted by atomic mass is 16.2. The van der Waals surface area contributed by atoms with Gasteiger partial charge < -0.3 is 10.6 Å². The number of aromatic nitrogens is 2. The molecule has 7 nitrogen and oxygen atoms in total. The summed E-state index contributed by atoms with van der Waals surface area (Å²) in [6, 6.07) is 16.5. The van der Waals surface area contributed by atoms with Gasteiger partial charge in [-0.25, -0.2) is 4.98 Å². The highest BCUT2D eigenvalue weighted by Crippen LogP contribution is 2.07. The third kappa shape index (κ3) is 4.82. The van der Waals surface area contributed by atoms with Crippen molar-refractivity contribution in [2.45, 2.75) is 19.9 Å². The lowest BCUT2D eigenvalue weighted by Gasteiger charge is -2.11. The van der Waals surface area contributed by atoms with Crippen LogP contribution in [0.25, 0.3) is 10.9 Å². The fourth-order valence-electron chi connectivity index (χ4n) is 2.91. The van der Waals surface area contributed by atoms with Crippen LogP contribution in [0.5, 0.6) is 0 Å². The Bertz CT molecular complexity index is 1040. The van der Waals surface area contributed by atoms with Crippen LogP contribution in [-0.2, 0) is 22.6 Å². The zero-order chi connectivity index (χ0) is 19.9. The minimum atomic E-state index is -0.306. The first kappa shape index (κ1) is 19.3. The van der Waals surface area contributed by atoms with Crippen molar-refractivity contribution in [3.05, 3.63) is 76.3 Å². The molecule has 3 rings (SSSR count). The summed E-state index contributed by atoms with van der Waals surface area (Å²) in [6.45, 7) is 2.20. The van der Waals surface area contributed by atoms with E-state index in [0.717, 1.165) is 5.56 Å². The largest absolute Gasteiger partial charge is 0.354 e. The summed E-state index contributed by atoms with van der Waals surface area (Å²) in [5.41, 5.74) is 1.31. The van der Waals surface area contributed by atoms with Crippen LogP contribution in [0.3, 0.4) is 0 Å². The summed E-state index contributed by atoms with van der Waals surface area (Å²) in [5.74, 6) is 0.0702. The Morgan fingerprint density at radius 1 is 0.929 bits per heavy atom. The topological polar surface area (TPSA) is 93.1 Å². The van der Waals surface area contributed by atoms with Crippen LogP contribution in [-0.4, -0.2) is 34.5 Å². The average molecular weight is 378 g/mol. The summed E-state index contributed by atoms with van der Waals surface area (Å²) in [7, 11) is 0. The predicted molar refractivity (Wildman–Crippen MR) is 107 cm³/mol. The van der Waals surface area contributed by atoms with E-state index in [9.17, 15) is 14.4 Å². The van der Waals surface area contributed by atoms with E-state index in [0.29, 0.717) is 29.7 Å². The summed E-state index contributed by atoms with van der Waals surface area (Å²) in [6.07, 6.45) is 0.298. The fraction of sp³-hybridized carbons (Fsp3) is 0.238. The van der Waals surface area contributed by atoms with Crippen LogP contribution in [0.1, 0.15) is 11.4 Å². The molecule has 0 aliphatic carbocycles. The monoisotopic (exact) mass is 378 g/mol. The smallest absolute Gasteiger partial charge is 0.261 e. The lowest BCUT2D eigenvalue weighted by molar-refractivity contribution is -0.123. The van der Waals surface area contributed by atoms with Crippen molar-refractivity contribution in [1.82, 2.24) is 20.2 Å². The lowest BCUT2D eigenvalue weighted by atomic mass is 10.1. The number of carbonyl (C=O) groups is 2. The first-order valence-electron chi connectivity index (χ1n) is 9.08. The van der Waals surface area contributed by atoms with E-state index in [2.05, 4.69) is 15.6 Å². The van der Waals surface area contributed by atoms with E-state index in [-0.39, 0.29) is 30.5 Å². The number of fused-ring (bicyclic) bond motifs is 1. The maximum atomic E-state index is 12.6. The number of rotatable bonds is 7. The van der Waals surface area contributed by atoms with Gasteiger partial charge in [0.15, 0.2) is 0 Å². The van der Waals surface area contributed by atoms with Gasteiger partial charge in [0.1, 0.15) is 12.4 Å². The van der Waals surface area contributed by atoms with Gasteiger partial charge in [-0.3, -0.25) is 19.0 Å². The Balaban J connectivity index is 1.49. The molecule has 0 saturated carbocycles. The SMILES string of the molecule is Cc1nc2ccccc2c(=O)n1CC(=O)NCCNC(=O)Cc1ccccc1. The molecular weight excluding hydrogens is 356 g/mol. The third-order valence-electron chi connectivity index (χ3n) is 4.33. The van der Waals surface area contributed by atoms with Crippen molar-refractivity contribution in [1.29, 1.82) is 0 Å². The van der Waals surface area contributed by atoms with E-state index >= 15 is 0 Å². The van der Waals surface area contributed by atoms with E-state index in [1.54, 1.807) is 25.1 Å². The van der Waals surface area contributed by atoms with Crippen LogP contribution < -0.4 is 16.2 Å². The molecule has 28 heavy (non-hydrogen) atoms. The molecule has 144 valence electrons. The molecule has 0 spiro atoms. The van der Waals surface area contributed by atoms with Gasteiger partial charge in [0, 0.05) is 13.1 Å². The van der Waals surface area contributed by atoms with Crippen molar-refractivity contribution in [2.75, 3.05) is 13.1 Å². The third-order valence-corrected chi connectivity index (χ3v) is 4.33. The molecule has 0 radical (unpaired) electrons. The van der Waals surface area contributed by atoms with Gasteiger partial charge in [-0.2, -0.15) is 0 Å². The number of hydrogen-bond acceptors (Lipinski definition) is 4. The number of nitrogens with one attached hydrogen (secondary N) is 2. The number of carbonyl (C=O) groups excluding carboxylic acids is 2. The quantitative estimate of drug-likeness (QED) is 0.604. The van der Waals surface area contributed by atoms with Crippen molar-refractivity contribution >= 4 is 22.7 Å². The second-order valence-corrected chi connectivity index (χ2v) is 6.43. The first-order valence-corrected chi connectivity index (χ1v) is 9.08. The number of amides is 2. The van der Waals surface area contributed by atoms with Gasteiger partial charge in [0.05, 0.1) is 17.3 Å². The maximum absolute atomic E-state index is 12.6. The molecule has 0 unspecified atom stereocenters. The highest BCUT2D eigenvalue weighted by Gasteiger charge is 2.11. The zero-order valence-electron chi connectivity index (χ0n) is 15.6. The van der Waals surface area contributed by atoms with Gasteiger partial charge >= 0.3 is 0 Å². The number of nitrogens with zero attached hydrogens (tertiary/aromatic N) is 2. The second-order valence-electron chi connectivity index (χ2n) is 6.43. The van der Waals surface area contributed by atoms with Crippen molar-refractivity contribution in [3.63, 3.8) is 0 Å². The molecule has 0 fully saturated rings. The van der Waals surface area contributed by atoms with E-state index in [4.69, 9.17) is 0 Å². The summed E-state index contributed by atoms with van der Waals surface area (Å²) in [4.78, 5) is 41.0. The van der Waals surface area contributed by atoms with E-state index in [1.807, 2.05) is 36.4 Å². The average Bonchev–Trinajstić information content (AvgIpc) is 2.69. The molecule has 3 aromatic rings. The Morgan fingerprint density at radius 3 is 2.32 bits per heavy atom. The zero-order valence-corrected chi connectivity index (χ0v) is 15.6. The molecule has 0 bridgehead atoms. The molecule has 1 heterocycles. The van der Waals surface area contributed by atoms with E-state index < -0.39 is 0 Å². The summed E-state index contributed by atoms with van der Waals surface area (Å²) < 4.78 is 1.35. The summed E-state index contributed by atoms with van der Waals surface area (Å²) in [5, 5.41) is 5.96. The Labute approximate surface area is 162 Å². The molecule has 0 atom stereocenters. The maximum Gasteiger partial charge on any atom is 0.261 e. The van der Waals surface area contributed by atoms with Crippen LogP contribution >= 0.6 is 0 Å². The Hall–Kier alpha value is -3.48.